The Kier molecular flexibility index (Phi) is 9.92. The second kappa shape index (κ2) is 13.4. The third-order valence-electron chi connectivity index (χ3n) is 7.58. The van der Waals surface area contributed by atoms with Gasteiger partial charge in [0.2, 0.25) is 0 Å². The molecule has 0 spiro atoms. The van der Waals surface area contributed by atoms with Gasteiger partial charge in [0.15, 0.2) is 0 Å². The maximum Gasteiger partial charge on any atom is 0.306 e. The highest BCUT2D eigenvalue weighted by Crippen LogP contribution is 2.44. The van der Waals surface area contributed by atoms with E-state index in [1.807, 2.05) is 25.1 Å². The van der Waals surface area contributed by atoms with Crippen LogP contribution in [0.2, 0.25) is 0 Å². The van der Waals surface area contributed by atoms with Crippen LogP contribution in [0.15, 0.2) is 60.7 Å². The highest BCUT2D eigenvalue weighted by molar-refractivity contribution is 7.90. The lowest BCUT2D eigenvalue weighted by Crippen LogP contribution is -2.08. The van der Waals surface area contributed by atoms with Gasteiger partial charge in [0.25, 0.3) is 0 Å². The Bertz CT molecular complexity index is 1510. The van der Waals surface area contributed by atoms with E-state index in [0.29, 0.717) is 26.1 Å². The number of aryl methyl sites for hydroxylation is 2. The van der Waals surface area contributed by atoms with Crippen molar-refractivity contribution in [3.63, 3.8) is 0 Å². The number of hydrogen-bond acceptors (Lipinski definition) is 6. The largest absolute Gasteiger partial charge is 0.494 e. The summed E-state index contributed by atoms with van der Waals surface area (Å²) in [7, 11) is -1.55. The first-order valence-electron chi connectivity index (χ1n) is 14.1. The van der Waals surface area contributed by atoms with Crippen molar-refractivity contribution in [3.05, 3.63) is 88.5 Å². The smallest absolute Gasteiger partial charge is 0.306 e. The van der Waals surface area contributed by atoms with Gasteiger partial charge >= 0.3 is 5.97 Å². The van der Waals surface area contributed by atoms with Crippen molar-refractivity contribution in [2.75, 3.05) is 32.3 Å². The summed E-state index contributed by atoms with van der Waals surface area (Å²) < 4.78 is 39.6. The predicted molar refractivity (Wildman–Crippen MR) is 164 cm³/mol. The van der Waals surface area contributed by atoms with Crippen LogP contribution in [0.4, 0.5) is 0 Å². The lowest BCUT2D eigenvalue weighted by Gasteiger charge is -2.15. The zero-order valence-electron chi connectivity index (χ0n) is 24.7. The Balaban J connectivity index is 1.39. The summed E-state index contributed by atoms with van der Waals surface area (Å²) >= 11 is 0. The minimum absolute atomic E-state index is 0.125. The molecule has 0 bridgehead atoms. The molecular formula is C34H40O6S. The lowest BCUT2D eigenvalue weighted by atomic mass is 9.94. The Morgan fingerprint density at radius 1 is 0.976 bits per heavy atom. The van der Waals surface area contributed by atoms with Gasteiger partial charge < -0.3 is 14.2 Å². The standard InChI is InChI=1S/C34H40O6S/c1-6-26-20-28(21-33(35)38-4)31-12-11-29(22-32(26)31)40-15-13-25-9-7-10-27(19-25)34-23(2)17-30(18-24(34)3)39-14-8-16-41(5,36)37/h6-7,9-12,17-19,22,28H,8,13-16,20-21H2,1-5H3. The summed E-state index contributed by atoms with van der Waals surface area (Å²) in [5.41, 5.74) is 9.32. The number of esters is 1. The Morgan fingerprint density at radius 3 is 2.39 bits per heavy atom. The fourth-order valence-corrected chi connectivity index (χ4v) is 6.27. The van der Waals surface area contributed by atoms with Crippen LogP contribution in [0.5, 0.6) is 11.5 Å². The summed E-state index contributed by atoms with van der Waals surface area (Å²) in [5, 5.41) is 0. The molecule has 0 aliphatic heterocycles. The number of sulfone groups is 1. The minimum atomic E-state index is -2.98. The molecule has 218 valence electrons. The van der Waals surface area contributed by atoms with Gasteiger partial charge in [-0.05, 0) is 108 Å². The van der Waals surface area contributed by atoms with E-state index in [-0.39, 0.29) is 17.6 Å². The first-order chi connectivity index (χ1) is 19.6. The van der Waals surface area contributed by atoms with Gasteiger partial charge in [-0.3, -0.25) is 4.79 Å². The Morgan fingerprint density at radius 2 is 1.71 bits per heavy atom. The number of hydrogen-bond donors (Lipinski definition) is 0. The third kappa shape index (κ3) is 8.00. The van der Waals surface area contributed by atoms with Crippen molar-refractivity contribution in [2.45, 2.75) is 52.4 Å². The maximum atomic E-state index is 11.9. The van der Waals surface area contributed by atoms with Crippen LogP contribution in [0.3, 0.4) is 0 Å². The fraction of sp³-hybridized carbons (Fsp3) is 0.382. The number of fused-ring (bicyclic) bond motifs is 1. The van der Waals surface area contributed by atoms with Gasteiger partial charge in [0, 0.05) is 12.7 Å². The van der Waals surface area contributed by atoms with Crippen molar-refractivity contribution in [1.82, 2.24) is 0 Å². The fourth-order valence-electron chi connectivity index (χ4n) is 5.63. The first kappa shape index (κ1) is 30.4. The zero-order valence-corrected chi connectivity index (χ0v) is 25.5. The van der Waals surface area contributed by atoms with E-state index in [1.165, 1.54) is 35.6 Å². The lowest BCUT2D eigenvalue weighted by molar-refractivity contribution is -0.141. The van der Waals surface area contributed by atoms with Crippen molar-refractivity contribution >= 4 is 21.4 Å². The Labute approximate surface area is 244 Å². The minimum Gasteiger partial charge on any atom is -0.494 e. The van der Waals surface area contributed by atoms with Gasteiger partial charge in [-0.15, -0.1) is 0 Å². The van der Waals surface area contributed by atoms with Crippen LogP contribution in [0, 0.1) is 13.8 Å². The normalized spacial score (nSPS) is 15.5. The van der Waals surface area contributed by atoms with Crippen LogP contribution in [-0.4, -0.2) is 46.7 Å². The number of carbonyl (C=O) groups is 1. The molecule has 0 heterocycles. The molecule has 0 saturated heterocycles. The van der Waals surface area contributed by atoms with Crippen molar-refractivity contribution < 1.29 is 27.4 Å². The summed E-state index contributed by atoms with van der Waals surface area (Å²) in [6.45, 7) is 7.10. The molecule has 0 N–H and O–H groups in total. The predicted octanol–water partition coefficient (Wildman–Crippen LogP) is 6.86. The monoisotopic (exact) mass is 576 g/mol. The SMILES string of the molecule is CC=C1CC(CC(=O)OC)c2ccc(OCCc3cccc(-c4c(C)cc(OCCCS(C)(=O)=O)cc4C)c3)cc21. The topological polar surface area (TPSA) is 78.9 Å². The van der Waals surface area contributed by atoms with E-state index in [9.17, 15) is 13.2 Å². The Hall–Kier alpha value is -3.58. The number of benzene rings is 3. The van der Waals surface area contributed by atoms with Gasteiger partial charge in [-0.1, -0.05) is 36.4 Å². The van der Waals surface area contributed by atoms with E-state index < -0.39 is 9.84 Å². The molecule has 1 aliphatic rings. The van der Waals surface area contributed by atoms with E-state index in [0.717, 1.165) is 46.6 Å². The molecule has 0 fully saturated rings. The van der Waals surface area contributed by atoms with Crippen LogP contribution in [0.25, 0.3) is 16.7 Å². The highest BCUT2D eigenvalue weighted by Gasteiger charge is 2.28. The highest BCUT2D eigenvalue weighted by atomic mass is 32.2. The first-order valence-corrected chi connectivity index (χ1v) is 16.1. The molecule has 0 amide bonds. The third-order valence-corrected chi connectivity index (χ3v) is 8.61. The van der Waals surface area contributed by atoms with Crippen LogP contribution < -0.4 is 9.47 Å². The summed E-state index contributed by atoms with van der Waals surface area (Å²) in [6.07, 6.45) is 5.83. The summed E-state index contributed by atoms with van der Waals surface area (Å²) in [4.78, 5) is 11.9. The quantitative estimate of drug-likeness (QED) is 0.173. The summed E-state index contributed by atoms with van der Waals surface area (Å²) in [6, 6.07) is 18.7. The second-order valence-corrected chi connectivity index (χ2v) is 13.1. The van der Waals surface area contributed by atoms with E-state index in [2.05, 4.69) is 56.3 Å². The van der Waals surface area contributed by atoms with Crippen LogP contribution in [0.1, 0.15) is 59.9 Å². The van der Waals surface area contributed by atoms with Crippen LogP contribution in [-0.2, 0) is 25.8 Å². The van der Waals surface area contributed by atoms with Crippen molar-refractivity contribution in [1.29, 1.82) is 0 Å². The average Bonchev–Trinajstić information content (AvgIpc) is 3.27. The molecule has 0 aromatic heterocycles. The molecule has 0 radical (unpaired) electrons. The summed E-state index contributed by atoms with van der Waals surface area (Å²) in [5.74, 6) is 1.68. The van der Waals surface area contributed by atoms with Gasteiger partial charge in [0.1, 0.15) is 21.3 Å². The molecule has 0 saturated carbocycles. The van der Waals surface area contributed by atoms with Crippen molar-refractivity contribution in [2.24, 2.45) is 0 Å². The molecule has 4 rings (SSSR count). The van der Waals surface area contributed by atoms with E-state index in [4.69, 9.17) is 14.2 Å². The number of rotatable bonds is 12. The average molecular weight is 577 g/mol. The van der Waals surface area contributed by atoms with Crippen molar-refractivity contribution in [3.8, 4) is 22.6 Å². The molecule has 3 aromatic rings. The molecule has 7 heteroatoms. The molecular weight excluding hydrogens is 536 g/mol. The maximum absolute atomic E-state index is 11.9. The number of carbonyl (C=O) groups excluding carboxylic acids is 1. The molecule has 1 unspecified atom stereocenters. The number of allylic oxidation sites excluding steroid dienone is 2. The van der Waals surface area contributed by atoms with Gasteiger partial charge in [-0.25, -0.2) is 8.42 Å². The van der Waals surface area contributed by atoms with E-state index >= 15 is 0 Å². The molecule has 6 nitrogen and oxygen atoms in total. The van der Waals surface area contributed by atoms with Crippen LogP contribution >= 0.6 is 0 Å². The molecule has 41 heavy (non-hydrogen) atoms. The van der Waals surface area contributed by atoms with Gasteiger partial charge in [-0.2, -0.15) is 0 Å². The molecule has 3 aromatic carbocycles. The second-order valence-electron chi connectivity index (χ2n) is 10.8. The number of methoxy groups -OCH3 is 1. The molecule has 1 atom stereocenters. The number of ether oxygens (including phenoxy) is 3. The zero-order chi connectivity index (χ0) is 29.6. The van der Waals surface area contributed by atoms with Gasteiger partial charge in [0.05, 0.1) is 32.5 Å². The van der Waals surface area contributed by atoms with E-state index in [1.54, 1.807) is 0 Å². The molecule has 1 aliphatic carbocycles.